The number of carbonyl (C=O) groups is 1. The third kappa shape index (κ3) is 3.90. The van der Waals surface area contributed by atoms with Gasteiger partial charge in [-0.05, 0) is 39.0 Å². The highest BCUT2D eigenvalue weighted by Gasteiger charge is 2.13. The number of hydrogen-bond donors (Lipinski definition) is 1. The van der Waals surface area contributed by atoms with Crippen LogP contribution in [0.25, 0.3) is 5.82 Å². The maximum atomic E-state index is 12.4. The molecule has 0 atom stereocenters. The van der Waals surface area contributed by atoms with Gasteiger partial charge in [0.1, 0.15) is 17.3 Å². The Bertz CT molecular complexity index is 1010. The summed E-state index contributed by atoms with van der Waals surface area (Å²) in [6.07, 6.45) is 1.60. The van der Waals surface area contributed by atoms with Gasteiger partial charge in [-0.2, -0.15) is 5.10 Å². The maximum absolute atomic E-state index is 12.4. The van der Waals surface area contributed by atoms with Crippen molar-refractivity contribution in [1.82, 2.24) is 15.1 Å². The smallest absolute Gasteiger partial charge is 0.271 e. The second kappa shape index (κ2) is 7.99. The molecule has 0 saturated heterocycles. The van der Waals surface area contributed by atoms with Gasteiger partial charge in [-0.25, -0.2) is 5.43 Å². The summed E-state index contributed by atoms with van der Waals surface area (Å²) in [6.45, 7) is 5.76. The summed E-state index contributed by atoms with van der Waals surface area (Å²) in [4.78, 5) is 12.4. The Labute approximate surface area is 162 Å². The molecule has 0 spiro atoms. The molecule has 0 aliphatic carbocycles. The molecule has 0 fully saturated rings. The number of methoxy groups -OCH3 is 2. The second-order valence-corrected chi connectivity index (χ2v) is 6.26. The minimum absolute atomic E-state index is 0.366. The number of hydrogen-bond acceptors (Lipinski definition) is 6. The number of aromatic nitrogens is 2. The summed E-state index contributed by atoms with van der Waals surface area (Å²) >= 11 is 0. The Morgan fingerprint density at radius 2 is 1.79 bits per heavy atom. The van der Waals surface area contributed by atoms with Crippen LogP contribution >= 0.6 is 0 Å². The fourth-order valence-corrected chi connectivity index (χ4v) is 2.89. The van der Waals surface area contributed by atoms with Crippen LogP contribution in [0.5, 0.6) is 11.5 Å². The first kappa shape index (κ1) is 19.2. The first-order valence-corrected chi connectivity index (χ1v) is 8.62. The third-order valence-electron chi connectivity index (χ3n) is 4.30. The molecule has 146 valence electrons. The van der Waals surface area contributed by atoms with Crippen LogP contribution in [0.2, 0.25) is 0 Å². The Morgan fingerprint density at radius 1 is 1.11 bits per heavy atom. The molecule has 0 aliphatic heterocycles. The van der Waals surface area contributed by atoms with Crippen LogP contribution in [0, 0.1) is 20.8 Å². The summed E-state index contributed by atoms with van der Waals surface area (Å²) in [6, 6.07) is 8.75. The van der Waals surface area contributed by atoms with Crippen LogP contribution in [-0.2, 0) is 0 Å². The van der Waals surface area contributed by atoms with Crippen molar-refractivity contribution < 1.29 is 18.8 Å². The Kier molecular flexibility index (Phi) is 5.49. The van der Waals surface area contributed by atoms with Crippen molar-refractivity contribution in [3.8, 4) is 17.3 Å². The largest absolute Gasteiger partial charge is 0.497 e. The van der Waals surface area contributed by atoms with Gasteiger partial charge in [0.05, 0.1) is 20.4 Å². The number of carbonyl (C=O) groups excluding carboxylic acids is 1. The monoisotopic (exact) mass is 382 g/mol. The zero-order valence-electron chi connectivity index (χ0n) is 16.4. The number of ether oxygens (including phenoxy) is 2. The summed E-state index contributed by atoms with van der Waals surface area (Å²) < 4.78 is 17.5. The standard InChI is InChI=1S/C20H22N4O4/c1-12-6-16(14(3)24(12)19-7-13(2)28-23-19)11-21-22-20(25)15-8-17(26-4)10-18(9-15)27-5/h6-11H,1-5H3,(H,22,25)/b21-11-. The molecule has 8 nitrogen and oxygen atoms in total. The lowest BCUT2D eigenvalue weighted by molar-refractivity contribution is 0.0954. The van der Waals surface area contributed by atoms with Gasteiger partial charge < -0.3 is 14.0 Å². The van der Waals surface area contributed by atoms with Crippen molar-refractivity contribution in [2.75, 3.05) is 14.2 Å². The van der Waals surface area contributed by atoms with Crippen molar-refractivity contribution in [3.63, 3.8) is 0 Å². The number of nitrogens with one attached hydrogen (secondary N) is 1. The van der Waals surface area contributed by atoms with Gasteiger partial charge in [-0.1, -0.05) is 5.16 Å². The average molecular weight is 382 g/mol. The number of amides is 1. The van der Waals surface area contributed by atoms with Crippen molar-refractivity contribution in [2.45, 2.75) is 20.8 Å². The lowest BCUT2D eigenvalue weighted by Gasteiger charge is -2.07. The van der Waals surface area contributed by atoms with Crippen molar-refractivity contribution >= 4 is 12.1 Å². The van der Waals surface area contributed by atoms with Gasteiger partial charge in [0.15, 0.2) is 5.82 Å². The molecular weight excluding hydrogens is 360 g/mol. The van der Waals surface area contributed by atoms with Gasteiger partial charge in [-0.3, -0.25) is 9.36 Å². The molecule has 0 radical (unpaired) electrons. The van der Waals surface area contributed by atoms with Crippen LogP contribution in [-0.4, -0.2) is 36.1 Å². The quantitative estimate of drug-likeness (QED) is 0.522. The van der Waals surface area contributed by atoms with Crippen LogP contribution in [0.4, 0.5) is 0 Å². The number of aryl methyl sites for hydroxylation is 2. The fraction of sp³-hybridized carbons (Fsp3) is 0.250. The molecule has 0 aliphatic rings. The first-order chi connectivity index (χ1) is 13.4. The van der Waals surface area contributed by atoms with E-state index in [9.17, 15) is 4.79 Å². The first-order valence-electron chi connectivity index (χ1n) is 8.62. The van der Waals surface area contributed by atoms with E-state index in [4.69, 9.17) is 14.0 Å². The summed E-state index contributed by atoms with van der Waals surface area (Å²) in [5.74, 6) is 2.13. The molecule has 28 heavy (non-hydrogen) atoms. The van der Waals surface area contributed by atoms with E-state index in [1.54, 1.807) is 24.4 Å². The number of benzene rings is 1. The van der Waals surface area contributed by atoms with Crippen molar-refractivity contribution in [3.05, 3.63) is 58.6 Å². The van der Waals surface area contributed by atoms with E-state index < -0.39 is 0 Å². The molecule has 3 rings (SSSR count). The number of rotatable bonds is 6. The molecule has 8 heteroatoms. The molecule has 0 saturated carbocycles. The highest BCUT2D eigenvalue weighted by molar-refractivity contribution is 5.95. The average Bonchev–Trinajstić information content (AvgIpc) is 3.23. The minimum atomic E-state index is -0.366. The van der Waals surface area contributed by atoms with E-state index >= 15 is 0 Å². The van der Waals surface area contributed by atoms with Crippen LogP contribution in [0.3, 0.4) is 0 Å². The fourth-order valence-electron chi connectivity index (χ4n) is 2.89. The molecule has 0 unspecified atom stereocenters. The zero-order valence-corrected chi connectivity index (χ0v) is 16.4. The Morgan fingerprint density at radius 3 is 2.36 bits per heavy atom. The maximum Gasteiger partial charge on any atom is 0.271 e. The second-order valence-electron chi connectivity index (χ2n) is 6.26. The normalized spacial score (nSPS) is 11.0. The zero-order chi connectivity index (χ0) is 20.3. The Balaban J connectivity index is 1.77. The predicted molar refractivity (Wildman–Crippen MR) is 105 cm³/mol. The predicted octanol–water partition coefficient (Wildman–Crippen LogP) is 3.17. The van der Waals surface area contributed by atoms with Gasteiger partial charge in [-0.15, -0.1) is 0 Å². The van der Waals surface area contributed by atoms with Gasteiger partial charge >= 0.3 is 0 Å². The van der Waals surface area contributed by atoms with E-state index in [2.05, 4.69) is 15.7 Å². The molecule has 0 bridgehead atoms. The SMILES string of the molecule is COc1cc(OC)cc(C(=O)N/N=C\c2cc(C)n(-c3cc(C)on3)c2C)c1. The Hall–Kier alpha value is -3.55. The minimum Gasteiger partial charge on any atom is -0.497 e. The summed E-state index contributed by atoms with van der Waals surface area (Å²) in [5, 5.41) is 8.13. The van der Waals surface area contributed by atoms with Crippen LogP contribution in [0.15, 0.2) is 40.0 Å². The highest BCUT2D eigenvalue weighted by atomic mass is 16.5. The van der Waals surface area contributed by atoms with E-state index in [1.807, 2.05) is 37.5 Å². The van der Waals surface area contributed by atoms with E-state index in [0.29, 0.717) is 22.9 Å². The number of hydrazone groups is 1. The van der Waals surface area contributed by atoms with Gasteiger partial charge in [0.2, 0.25) is 0 Å². The highest BCUT2D eigenvalue weighted by Crippen LogP contribution is 2.22. The summed E-state index contributed by atoms with van der Waals surface area (Å²) in [7, 11) is 3.06. The van der Waals surface area contributed by atoms with Crippen LogP contribution in [0.1, 0.15) is 33.1 Å². The topological polar surface area (TPSA) is 90.9 Å². The molecule has 1 amide bonds. The van der Waals surface area contributed by atoms with E-state index in [1.165, 1.54) is 14.2 Å². The van der Waals surface area contributed by atoms with Gasteiger partial charge in [0, 0.05) is 34.6 Å². The third-order valence-corrected chi connectivity index (χ3v) is 4.30. The van der Waals surface area contributed by atoms with E-state index in [-0.39, 0.29) is 5.91 Å². The molecule has 3 aromatic rings. The molecule has 1 N–H and O–H groups in total. The molecule has 2 aromatic heterocycles. The lowest BCUT2D eigenvalue weighted by atomic mass is 10.2. The number of nitrogens with zero attached hydrogens (tertiary/aromatic N) is 3. The molecular formula is C20H22N4O4. The van der Waals surface area contributed by atoms with Crippen molar-refractivity contribution in [1.29, 1.82) is 0 Å². The van der Waals surface area contributed by atoms with E-state index in [0.717, 1.165) is 22.7 Å². The van der Waals surface area contributed by atoms with Crippen molar-refractivity contribution in [2.24, 2.45) is 5.10 Å². The summed E-state index contributed by atoms with van der Waals surface area (Å²) in [5.41, 5.74) is 5.69. The van der Waals surface area contributed by atoms with Crippen LogP contribution < -0.4 is 14.9 Å². The molecule has 1 aromatic carbocycles. The molecule has 2 heterocycles. The van der Waals surface area contributed by atoms with Gasteiger partial charge in [0.25, 0.3) is 5.91 Å². The lowest BCUT2D eigenvalue weighted by Crippen LogP contribution is -2.17.